The Balaban J connectivity index is 1.74. The summed E-state index contributed by atoms with van der Waals surface area (Å²) in [5.41, 5.74) is 1.10. The van der Waals surface area contributed by atoms with Crippen molar-refractivity contribution in [2.75, 3.05) is 6.54 Å². The fourth-order valence-electron chi connectivity index (χ4n) is 1.53. The van der Waals surface area contributed by atoms with Crippen LogP contribution in [0.1, 0.15) is 31.4 Å². The molecule has 1 aromatic heterocycles. The third-order valence-corrected chi connectivity index (χ3v) is 2.74. The first-order valence-corrected chi connectivity index (χ1v) is 5.66. The summed E-state index contributed by atoms with van der Waals surface area (Å²) in [4.78, 5) is 11.4. The van der Waals surface area contributed by atoms with E-state index < -0.39 is 0 Å². The Kier molecular flexibility index (Phi) is 3.24. The molecule has 5 heteroatoms. The van der Waals surface area contributed by atoms with Gasteiger partial charge in [-0.3, -0.25) is 9.48 Å². The molecule has 0 radical (unpaired) electrons. The number of nitrogens with one attached hydrogen (secondary N) is 2. The first-order valence-electron chi connectivity index (χ1n) is 5.66. The lowest BCUT2D eigenvalue weighted by Gasteiger charge is -2.11. The van der Waals surface area contributed by atoms with Crippen LogP contribution in [0.3, 0.4) is 0 Å². The zero-order valence-corrected chi connectivity index (χ0v) is 9.73. The highest BCUT2D eigenvalue weighted by molar-refractivity contribution is 5.78. The molecule has 0 aromatic carbocycles. The smallest absolute Gasteiger partial charge is 0.234 e. The van der Waals surface area contributed by atoms with Crippen molar-refractivity contribution < 1.29 is 4.79 Å². The molecule has 0 saturated heterocycles. The SMILES string of the molecule is CC(NCC(=O)NC1CC1)c1cnn(C)c1. The van der Waals surface area contributed by atoms with Crippen molar-refractivity contribution in [3.63, 3.8) is 0 Å². The van der Waals surface area contributed by atoms with Crippen molar-refractivity contribution in [2.45, 2.75) is 31.8 Å². The molecule has 2 rings (SSSR count). The largest absolute Gasteiger partial charge is 0.352 e. The van der Waals surface area contributed by atoms with Gasteiger partial charge in [-0.05, 0) is 19.8 Å². The molecule has 88 valence electrons. The second-order valence-electron chi connectivity index (χ2n) is 4.39. The number of hydrogen-bond donors (Lipinski definition) is 2. The summed E-state index contributed by atoms with van der Waals surface area (Å²) in [7, 11) is 1.88. The summed E-state index contributed by atoms with van der Waals surface area (Å²) < 4.78 is 1.76. The summed E-state index contributed by atoms with van der Waals surface area (Å²) in [5.74, 6) is 0.0817. The van der Waals surface area contributed by atoms with Gasteiger partial charge in [0.05, 0.1) is 12.7 Å². The zero-order chi connectivity index (χ0) is 11.5. The van der Waals surface area contributed by atoms with E-state index in [1.54, 1.807) is 4.68 Å². The average molecular weight is 222 g/mol. The predicted molar refractivity (Wildman–Crippen MR) is 60.8 cm³/mol. The number of rotatable bonds is 5. The van der Waals surface area contributed by atoms with Gasteiger partial charge >= 0.3 is 0 Å². The quantitative estimate of drug-likeness (QED) is 0.755. The van der Waals surface area contributed by atoms with E-state index in [9.17, 15) is 4.79 Å². The normalized spacial score (nSPS) is 17.1. The molecule has 5 nitrogen and oxygen atoms in total. The van der Waals surface area contributed by atoms with Crippen molar-refractivity contribution in [1.82, 2.24) is 20.4 Å². The maximum Gasteiger partial charge on any atom is 0.234 e. The Morgan fingerprint density at radius 1 is 1.69 bits per heavy atom. The summed E-state index contributed by atoms with van der Waals surface area (Å²) >= 11 is 0. The number of carbonyl (C=O) groups is 1. The van der Waals surface area contributed by atoms with Gasteiger partial charge in [0, 0.05) is 30.9 Å². The number of hydrogen-bond acceptors (Lipinski definition) is 3. The fourth-order valence-corrected chi connectivity index (χ4v) is 1.53. The van der Waals surface area contributed by atoms with E-state index in [2.05, 4.69) is 15.7 Å². The number of aromatic nitrogens is 2. The second-order valence-corrected chi connectivity index (χ2v) is 4.39. The van der Waals surface area contributed by atoms with Crippen molar-refractivity contribution in [3.8, 4) is 0 Å². The first kappa shape index (κ1) is 11.1. The number of nitrogens with zero attached hydrogens (tertiary/aromatic N) is 2. The monoisotopic (exact) mass is 222 g/mol. The van der Waals surface area contributed by atoms with Crippen LogP contribution in [0.15, 0.2) is 12.4 Å². The molecule has 1 fully saturated rings. The molecule has 16 heavy (non-hydrogen) atoms. The molecule has 0 bridgehead atoms. The van der Waals surface area contributed by atoms with Gasteiger partial charge in [0.15, 0.2) is 0 Å². The maximum absolute atomic E-state index is 11.4. The van der Waals surface area contributed by atoms with Crippen LogP contribution in [0.4, 0.5) is 0 Å². The van der Waals surface area contributed by atoms with Crippen LogP contribution in [0, 0.1) is 0 Å². The van der Waals surface area contributed by atoms with E-state index in [1.807, 2.05) is 26.4 Å². The van der Waals surface area contributed by atoms with E-state index in [-0.39, 0.29) is 11.9 Å². The van der Waals surface area contributed by atoms with Crippen LogP contribution in [-0.2, 0) is 11.8 Å². The van der Waals surface area contributed by atoms with Gasteiger partial charge < -0.3 is 10.6 Å². The highest BCUT2D eigenvalue weighted by Crippen LogP contribution is 2.18. The van der Waals surface area contributed by atoms with Gasteiger partial charge in [0.1, 0.15) is 0 Å². The van der Waals surface area contributed by atoms with Crippen LogP contribution in [0.25, 0.3) is 0 Å². The molecule has 1 atom stereocenters. The Morgan fingerprint density at radius 3 is 3.00 bits per heavy atom. The topological polar surface area (TPSA) is 59.0 Å². The summed E-state index contributed by atoms with van der Waals surface area (Å²) in [5, 5.41) is 10.2. The minimum Gasteiger partial charge on any atom is -0.352 e. The van der Waals surface area contributed by atoms with Gasteiger partial charge in [-0.15, -0.1) is 0 Å². The first-order chi connectivity index (χ1) is 7.65. The highest BCUT2D eigenvalue weighted by atomic mass is 16.2. The predicted octanol–water partition coefficient (Wildman–Crippen LogP) is 0.349. The zero-order valence-electron chi connectivity index (χ0n) is 9.73. The van der Waals surface area contributed by atoms with E-state index in [4.69, 9.17) is 0 Å². The second kappa shape index (κ2) is 4.65. The summed E-state index contributed by atoms with van der Waals surface area (Å²) in [6.45, 7) is 2.40. The van der Waals surface area contributed by atoms with Gasteiger partial charge in [0.25, 0.3) is 0 Å². The number of aryl methyl sites for hydroxylation is 1. The van der Waals surface area contributed by atoms with Gasteiger partial charge in [-0.2, -0.15) is 5.10 Å². The van der Waals surface area contributed by atoms with Crippen LogP contribution >= 0.6 is 0 Å². The lowest BCUT2D eigenvalue weighted by atomic mass is 10.2. The van der Waals surface area contributed by atoms with Crippen LogP contribution in [0.2, 0.25) is 0 Å². The van der Waals surface area contributed by atoms with Crippen molar-refractivity contribution >= 4 is 5.91 Å². The Labute approximate surface area is 95.2 Å². The Hall–Kier alpha value is -1.36. The molecule has 1 aliphatic rings. The molecule has 1 aliphatic carbocycles. The lowest BCUT2D eigenvalue weighted by Crippen LogP contribution is -2.36. The molecule has 1 heterocycles. The molecule has 0 spiro atoms. The highest BCUT2D eigenvalue weighted by Gasteiger charge is 2.23. The number of carbonyl (C=O) groups excluding carboxylic acids is 1. The third kappa shape index (κ3) is 3.06. The van der Waals surface area contributed by atoms with Crippen molar-refractivity contribution in [1.29, 1.82) is 0 Å². The molecule has 1 unspecified atom stereocenters. The molecule has 1 saturated carbocycles. The van der Waals surface area contributed by atoms with Gasteiger partial charge in [-0.25, -0.2) is 0 Å². The van der Waals surface area contributed by atoms with E-state index in [1.165, 1.54) is 0 Å². The van der Waals surface area contributed by atoms with E-state index >= 15 is 0 Å². The average Bonchev–Trinajstić information content (AvgIpc) is 2.95. The molecule has 1 amide bonds. The van der Waals surface area contributed by atoms with Crippen LogP contribution in [-0.4, -0.2) is 28.3 Å². The Bertz CT molecular complexity index is 370. The lowest BCUT2D eigenvalue weighted by molar-refractivity contribution is -0.120. The van der Waals surface area contributed by atoms with Crippen LogP contribution < -0.4 is 10.6 Å². The minimum atomic E-state index is 0.0817. The fraction of sp³-hybridized carbons (Fsp3) is 0.636. The van der Waals surface area contributed by atoms with E-state index in [0.29, 0.717) is 12.6 Å². The van der Waals surface area contributed by atoms with Gasteiger partial charge in [-0.1, -0.05) is 0 Å². The van der Waals surface area contributed by atoms with E-state index in [0.717, 1.165) is 18.4 Å². The minimum absolute atomic E-state index is 0.0817. The van der Waals surface area contributed by atoms with Crippen LogP contribution in [0.5, 0.6) is 0 Å². The Morgan fingerprint density at radius 2 is 2.44 bits per heavy atom. The molecule has 0 aliphatic heterocycles. The standard InChI is InChI=1S/C11H18N4O/c1-8(9-5-13-15(2)7-9)12-6-11(16)14-10-3-4-10/h5,7-8,10,12H,3-4,6H2,1-2H3,(H,14,16). The van der Waals surface area contributed by atoms with Crippen molar-refractivity contribution in [3.05, 3.63) is 18.0 Å². The number of amides is 1. The molecular weight excluding hydrogens is 204 g/mol. The molecule has 2 N–H and O–H groups in total. The third-order valence-electron chi connectivity index (χ3n) is 2.74. The summed E-state index contributed by atoms with van der Waals surface area (Å²) in [6.07, 6.45) is 6.03. The summed E-state index contributed by atoms with van der Waals surface area (Å²) in [6, 6.07) is 0.585. The van der Waals surface area contributed by atoms with Crippen molar-refractivity contribution in [2.24, 2.45) is 7.05 Å². The molecule has 1 aromatic rings. The van der Waals surface area contributed by atoms with Gasteiger partial charge in [0.2, 0.25) is 5.91 Å². The molecular formula is C11H18N4O. The maximum atomic E-state index is 11.4.